The van der Waals surface area contributed by atoms with Crippen molar-refractivity contribution in [3.63, 3.8) is 0 Å². The summed E-state index contributed by atoms with van der Waals surface area (Å²) in [6.07, 6.45) is 1.74. The number of anilines is 2. The van der Waals surface area contributed by atoms with Gasteiger partial charge in [-0.2, -0.15) is 5.10 Å². The number of urea groups is 1. The van der Waals surface area contributed by atoms with Gasteiger partial charge in [-0.15, -0.1) is 0 Å². The highest BCUT2D eigenvalue weighted by Gasteiger charge is 2.04. The molecule has 3 N–H and O–H groups in total. The van der Waals surface area contributed by atoms with Crippen LogP contribution in [0.1, 0.15) is 6.92 Å². The molecule has 0 aliphatic heterocycles. The summed E-state index contributed by atoms with van der Waals surface area (Å²) in [5, 5.41) is 13.4. The number of aromatic nitrogens is 2. The number of carbonyl (C=O) groups excluding carboxylic acids is 1. The number of carbonyl (C=O) groups is 1. The fraction of sp³-hybridized carbons (Fsp3) is 0.125. The lowest BCUT2D eigenvalue weighted by Gasteiger charge is -2.08. The molecule has 0 saturated heterocycles. The van der Waals surface area contributed by atoms with E-state index in [1.807, 2.05) is 37.3 Å². The normalized spacial score (nSPS) is 10.4. The van der Waals surface area contributed by atoms with E-state index in [0.717, 1.165) is 16.7 Å². The molecule has 0 fully saturated rings. The molecule has 0 saturated carbocycles. The molecule has 3 aromatic rings. The van der Waals surface area contributed by atoms with Gasteiger partial charge in [0.1, 0.15) is 5.75 Å². The van der Waals surface area contributed by atoms with Gasteiger partial charge >= 0.3 is 6.03 Å². The molecule has 6 heteroatoms. The fourth-order valence-corrected chi connectivity index (χ4v) is 2.11. The third kappa shape index (κ3) is 3.17. The molecule has 0 atom stereocenters. The Hall–Kier alpha value is -3.02. The van der Waals surface area contributed by atoms with Crippen molar-refractivity contribution in [1.82, 2.24) is 10.2 Å². The number of nitrogens with zero attached hydrogens (tertiary/aromatic N) is 1. The number of rotatable bonds is 4. The van der Waals surface area contributed by atoms with E-state index in [-0.39, 0.29) is 6.03 Å². The summed E-state index contributed by atoms with van der Waals surface area (Å²) in [5.74, 6) is 0.776. The maximum absolute atomic E-state index is 12.0. The Kier molecular flexibility index (Phi) is 3.91. The van der Waals surface area contributed by atoms with Crippen LogP contribution in [0.15, 0.2) is 48.7 Å². The number of hydrogen-bond acceptors (Lipinski definition) is 3. The van der Waals surface area contributed by atoms with Gasteiger partial charge in [0.25, 0.3) is 0 Å². The maximum Gasteiger partial charge on any atom is 0.323 e. The third-order valence-electron chi connectivity index (χ3n) is 3.12. The zero-order valence-electron chi connectivity index (χ0n) is 12.1. The molecule has 0 spiro atoms. The molecule has 0 aliphatic carbocycles. The third-order valence-corrected chi connectivity index (χ3v) is 3.12. The second-order valence-electron chi connectivity index (χ2n) is 4.71. The summed E-state index contributed by atoms with van der Waals surface area (Å²) in [5.41, 5.74) is 2.27. The predicted octanol–water partition coefficient (Wildman–Crippen LogP) is 3.61. The number of amides is 2. The number of benzene rings is 2. The van der Waals surface area contributed by atoms with E-state index >= 15 is 0 Å². The number of hydrogen-bond donors (Lipinski definition) is 3. The fourth-order valence-electron chi connectivity index (χ4n) is 2.11. The Bertz CT molecular complexity index is 780. The van der Waals surface area contributed by atoms with E-state index in [4.69, 9.17) is 4.74 Å². The zero-order chi connectivity index (χ0) is 15.4. The first-order valence-electron chi connectivity index (χ1n) is 6.98. The molecule has 0 unspecified atom stereocenters. The molecule has 22 heavy (non-hydrogen) atoms. The van der Waals surface area contributed by atoms with Gasteiger partial charge in [0.2, 0.25) is 0 Å². The molecule has 0 aliphatic rings. The molecule has 2 aromatic carbocycles. The molecule has 1 heterocycles. The van der Waals surface area contributed by atoms with Gasteiger partial charge in [-0.3, -0.25) is 5.10 Å². The molecule has 3 rings (SSSR count). The quantitative estimate of drug-likeness (QED) is 0.688. The minimum atomic E-state index is -0.303. The van der Waals surface area contributed by atoms with Crippen molar-refractivity contribution < 1.29 is 9.53 Å². The topological polar surface area (TPSA) is 79.0 Å². The molecule has 112 valence electrons. The monoisotopic (exact) mass is 296 g/mol. The molecule has 6 nitrogen and oxygen atoms in total. The van der Waals surface area contributed by atoms with Gasteiger partial charge < -0.3 is 15.4 Å². The van der Waals surface area contributed by atoms with Crippen molar-refractivity contribution in [2.45, 2.75) is 6.92 Å². The summed E-state index contributed by atoms with van der Waals surface area (Å²) in [4.78, 5) is 12.0. The summed E-state index contributed by atoms with van der Waals surface area (Å²) in [6.45, 7) is 2.54. The van der Waals surface area contributed by atoms with Crippen molar-refractivity contribution in [1.29, 1.82) is 0 Å². The van der Waals surface area contributed by atoms with Crippen molar-refractivity contribution in [3.05, 3.63) is 48.7 Å². The van der Waals surface area contributed by atoms with E-state index in [9.17, 15) is 4.79 Å². The highest BCUT2D eigenvalue weighted by molar-refractivity contribution is 6.00. The first-order chi connectivity index (χ1) is 10.7. The van der Waals surface area contributed by atoms with Crippen LogP contribution in [0.25, 0.3) is 10.9 Å². The lowest BCUT2D eigenvalue weighted by molar-refractivity contribution is 0.262. The summed E-state index contributed by atoms with van der Waals surface area (Å²) >= 11 is 0. The van der Waals surface area contributed by atoms with Gasteiger partial charge in [-0.05, 0) is 49.4 Å². The largest absolute Gasteiger partial charge is 0.494 e. The van der Waals surface area contributed by atoms with Gasteiger partial charge in [-0.1, -0.05) is 0 Å². The Morgan fingerprint density at radius 3 is 2.64 bits per heavy atom. The summed E-state index contributed by atoms with van der Waals surface area (Å²) < 4.78 is 5.36. The van der Waals surface area contributed by atoms with Gasteiger partial charge in [0.15, 0.2) is 0 Å². The molecular formula is C16H16N4O2. The Morgan fingerprint density at radius 2 is 1.86 bits per heavy atom. The number of ether oxygens (including phenoxy) is 1. The van der Waals surface area contributed by atoms with Crippen LogP contribution in [0.3, 0.4) is 0 Å². The molecule has 2 amide bonds. The van der Waals surface area contributed by atoms with Crippen LogP contribution in [-0.2, 0) is 0 Å². The van der Waals surface area contributed by atoms with E-state index < -0.39 is 0 Å². The van der Waals surface area contributed by atoms with Crippen LogP contribution < -0.4 is 15.4 Å². The van der Waals surface area contributed by atoms with E-state index in [1.165, 1.54) is 0 Å². The smallest absolute Gasteiger partial charge is 0.323 e. The standard InChI is InChI=1S/C16H16N4O2/c1-2-22-14-7-5-12(6-8-14)18-16(21)19-13-4-3-11-10-17-20-15(11)9-13/h3-10H,2H2,1H3,(H,17,20)(H2,18,19,21). The first kappa shape index (κ1) is 13.9. The number of H-pyrrole nitrogens is 1. The van der Waals surface area contributed by atoms with E-state index in [1.54, 1.807) is 18.3 Å². The van der Waals surface area contributed by atoms with Crippen LogP contribution in [0.2, 0.25) is 0 Å². The van der Waals surface area contributed by atoms with Gasteiger partial charge in [0, 0.05) is 16.8 Å². The lowest BCUT2D eigenvalue weighted by Crippen LogP contribution is -2.19. The predicted molar refractivity (Wildman–Crippen MR) is 86.3 cm³/mol. The Morgan fingerprint density at radius 1 is 1.14 bits per heavy atom. The zero-order valence-corrected chi connectivity index (χ0v) is 12.1. The van der Waals surface area contributed by atoms with Gasteiger partial charge in [0.05, 0.1) is 18.3 Å². The highest BCUT2D eigenvalue weighted by atomic mass is 16.5. The minimum absolute atomic E-state index is 0.303. The molecule has 1 aromatic heterocycles. The molecule has 0 bridgehead atoms. The minimum Gasteiger partial charge on any atom is -0.494 e. The SMILES string of the molecule is CCOc1ccc(NC(=O)Nc2ccc3cn[nH]c3c2)cc1. The second-order valence-corrected chi connectivity index (χ2v) is 4.71. The summed E-state index contributed by atoms with van der Waals surface area (Å²) in [7, 11) is 0. The summed E-state index contributed by atoms with van der Waals surface area (Å²) in [6, 6.07) is 12.5. The van der Waals surface area contributed by atoms with E-state index in [0.29, 0.717) is 18.0 Å². The molecular weight excluding hydrogens is 280 g/mol. The first-order valence-corrected chi connectivity index (χ1v) is 6.98. The van der Waals surface area contributed by atoms with Crippen molar-refractivity contribution in [3.8, 4) is 5.75 Å². The Balaban J connectivity index is 1.63. The Labute approximate surface area is 127 Å². The highest BCUT2D eigenvalue weighted by Crippen LogP contribution is 2.18. The van der Waals surface area contributed by atoms with E-state index in [2.05, 4.69) is 20.8 Å². The number of fused-ring (bicyclic) bond motifs is 1. The van der Waals surface area contributed by atoms with Crippen molar-refractivity contribution in [2.24, 2.45) is 0 Å². The lowest BCUT2D eigenvalue weighted by atomic mass is 10.2. The van der Waals surface area contributed by atoms with Gasteiger partial charge in [-0.25, -0.2) is 4.79 Å². The number of aromatic amines is 1. The van der Waals surface area contributed by atoms with Crippen LogP contribution in [-0.4, -0.2) is 22.8 Å². The van der Waals surface area contributed by atoms with Crippen LogP contribution in [0, 0.1) is 0 Å². The van der Waals surface area contributed by atoms with Crippen molar-refractivity contribution >= 4 is 28.3 Å². The second kappa shape index (κ2) is 6.17. The number of nitrogens with one attached hydrogen (secondary N) is 3. The van der Waals surface area contributed by atoms with Crippen molar-refractivity contribution in [2.75, 3.05) is 17.2 Å². The van der Waals surface area contributed by atoms with Crippen LogP contribution >= 0.6 is 0 Å². The average Bonchev–Trinajstić information content (AvgIpc) is 2.97. The average molecular weight is 296 g/mol. The molecule has 0 radical (unpaired) electrons. The maximum atomic E-state index is 12.0. The van der Waals surface area contributed by atoms with Crippen LogP contribution in [0.4, 0.5) is 16.2 Å². The van der Waals surface area contributed by atoms with Crippen LogP contribution in [0.5, 0.6) is 5.75 Å².